The van der Waals surface area contributed by atoms with Crippen molar-refractivity contribution in [2.75, 3.05) is 5.75 Å². The van der Waals surface area contributed by atoms with Crippen LogP contribution >= 0.6 is 23.5 Å². The number of aliphatic carboxylic acids is 1. The number of carbonyl (C=O) groups is 2. The summed E-state index contributed by atoms with van der Waals surface area (Å²) in [5, 5.41) is 22.5. The molecule has 3 rings (SSSR count). The van der Waals surface area contributed by atoms with Crippen LogP contribution in [0.25, 0.3) is 0 Å². The second-order valence-electron chi connectivity index (χ2n) is 4.61. The summed E-state index contributed by atoms with van der Waals surface area (Å²) in [5.74, 6) is -0.983. The van der Waals surface area contributed by atoms with Gasteiger partial charge >= 0.3 is 5.97 Å². The molecule has 1 unspecified atom stereocenters. The van der Waals surface area contributed by atoms with Crippen molar-refractivity contribution in [3.63, 3.8) is 0 Å². The van der Waals surface area contributed by atoms with Crippen molar-refractivity contribution in [2.45, 2.75) is 22.6 Å². The smallest absolute Gasteiger partial charge is 0.330 e. The number of carboxylic acid groups (broad SMARTS) is 1. The average Bonchev–Trinajstić information content (AvgIpc) is 2.88. The zero-order valence-corrected chi connectivity index (χ0v) is 12.5. The lowest BCUT2D eigenvalue weighted by Crippen LogP contribution is -2.72. The van der Waals surface area contributed by atoms with Gasteiger partial charge in [0.05, 0.1) is 0 Å². The van der Waals surface area contributed by atoms with Gasteiger partial charge in [-0.1, -0.05) is 11.8 Å². The number of hydrogen-bond donors (Lipinski definition) is 2. The van der Waals surface area contributed by atoms with E-state index in [1.54, 1.807) is 12.5 Å². The maximum atomic E-state index is 11.8. The Kier molecular flexibility index (Phi) is 3.63. The number of rotatable bonds is 4. The summed E-state index contributed by atoms with van der Waals surface area (Å²) in [7, 11) is 1.70. The van der Waals surface area contributed by atoms with Gasteiger partial charge in [-0.25, -0.2) is 9.48 Å². The first-order valence-corrected chi connectivity index (χ1v) is 7.93. The van der Waals surface area contributed by atoms with Crippen LogP contribution < -0.4 is 5.73 Å². The Bertz CT molecular complexity index is 632. The van der Waals surface area contributed by atoms with E-state index in [2.05, 4.69) is 15.5 Å². The Morgan fingerprint density at radius 2 is 2.38 bits per heavy atom. The van der Waals surface area contributed by atoms with Crippen LogP contribution in [0.1, 0.15) is 0 Å². The van der Waals surface area contributed by atoms with Crippen LogP contribution in [0.15, 0.2) is 16.1 Å². The third kappa shape index (κ3) is 2.30. The standard InChI is InChI=1S/C10H12N6O3S2/c1-15-10(12-13-14-15)21-3-4-2-20-8-5(11)7(17)16(8)6(4)9(18)19/h2,5-6,8H,3,11H2,1H3,(H,18,19)/t5-,6?,8-/m1/s1. The Labute approximate surface area is 127 Å². The maximum absolute atomic E-state index is 11.8. The number of fused-ring (bicyclic) bond motifs is 1. The average molecular weight is 328 g/mol. The van der Waals surface area contributed by atoms with Crippen molar-refractivity contribution < 1.29 is 14.7 Å². The summed E-state index contributed by atoms with van der Waals surface area (Å²) >= 11 is 2.70. The maximum Gasteiger partial charge on any atom is 0.330 e. The third-order valence-corrected chi connectivity index (χ3v) is 5.61. The van der Waals surface area contributed by atoms with E-state index in [1.165, 1.54) is 33.1 Å². The highest BCUT2D eigenvalue weighted by Crippen LogP contribution is 2.40. The first-order chi connectivity index (χ1) is 10.0. The van der Waals surface area contributed by atoms with Gasteiger partial charge in [-0.3, -0.25) is 4.79 Å². The minimum atomic E-state index is -1.05. The Morgan fingerprint density at radius 1 is 1.62 bits per heavy atom. The predicted octanol–water partition coefficient (Wildman–Crippen LogP) is -1.12. The number of carbonyl (C=O) groups excluding carboxylic acids is 1. The van der Waals surface area contributed by atoms with E-state index >= 15 is 0 Å². The van der Waals surface area contributed by atoms with Crippen LogP contribution in [0, 0.1) is 0 Å². The molecule has 0 aromatic carbocycles. The number of nitrogens with two attached hydrogens (primary N) is 1. The lowest BCUT2D eigenvalue weighted by atomic mass is 10.00. The largest absolute Gasteiger partial charge is 0.479 e. The molecule has 0 radical (unpaired) electrons. The number of tetrazole rings is 1. The van der Waals surface area contributed by atoms with Crippen LogP contribution in [-0.4, -0.2) is 65.3 Å². The summed E-state index contributed by atoms with van der Waals surface area (Å²) < 4.78 is 1.50. The summed E-state index contributed by atoms with van der Waals surface area (Å²) in [5.41, 5.74) is 6.32. The fourth-order valence-corrected chi connectivity index (χ4v) is 4.35. The highest BCUT2D eigenvalue weighted by molar-refractivity contribution is 8.03. The SMILES string of the molecule is Cn1nnnc1SCC1=CS[C@@H]2[C@H](N)C(=O)N2C1C(=O)O. The summed E-state index contributed by atoms with van der Waals surface area (Å²) in [6, 6.07) is -1.58. The van der Waals surface area contributed by atoms with Crippen LogP contribution in [0.4, 0.5) is 0 Å². The second-order valence-corrected chi connectivity index (χ2v) is 6.54. The highest BCUT2D eigenvalue weighted by Gasteiger charge is 2.53. The van der Waals surface area contributed by atoms with E-state index in [9.17, 15) is 14.7 Å². The normalized spacial score (nSPS) is 27.9. The number of carboxylic acids is 1. The number of thioether (sulfide) groups is 2. The molecular weight excluding hydrogens is 316 g/mol. The van der Waals surface area contributed by atoms with E-state index in [0.717, 1.165) is 0 Å². The van der Waals surface area contributed by atoms with Gasteiger partial charge < -0.3 is 15.7 Å². The molecule has 21 heavy (non-hydrogen) atoms. The lowest BCUT2D eigenvalue weighted by molar-refractivity contribution is -0.157. The van der Waals surface area contributed by atoms with Crippen LogP contribution in [0.2, 0.25) is 0 Å². The molecular formula is C10H12N6O3S2. The molecule has 0 aliphatic carbocycles. The fraction of sp³-hybridized carbons (Fsp3) is 0.500. The predicted molar refractivity (Wildman–Crippen MR) is 75.2 cm³/mol. The molecule has 2 aliphatic rings. The number of hydrogen-bond acceptors (Lipinski definition) is 8. The molecule has 3 N–H and O–H groups in total. The minimum Gasteiger partial charge on any atom is -0.479 e. The number of β-lactam (4-membered cyclic amide) rings is 1. The van der Waals surface area contributed by atoms with E-state index in [-0.39, 0.29) is 11.3 Å². The van der Waals surface area contributed by atoms with Crippen molar-refractivity contribution in [3.8, 4) is 0 Å². The van der Waals surface area contributed by atoms with Gasteiger partial charge in [0.2, 0.25) is 11.1 Å². The summed E-state index contributed by atoms with van der Waals surface area (Å²) in [4.78, 5) is 24.6. The second kappa shape index (κ2) is 5.31. The molecule has 3 heterocycles. The van der Waals surface area contributed by atoms with Gasteiger partial charge in [0, 0.05) is 12.8 Å². The fourth-order valence-electron chi connectivity index (χ4n) is 2.22. The van der Waals surface area contributed by atoms with Crippen molar-refractivity contribution in [1.82, 2.24) is 25.1 Å². The summed E-state index contributed by atoms with van der Waals surface area (Å²) in [6.07, 6.45) is 0. The highest BCUT2D eigenvalue weighted by atomic mass is 32.2. The van der Waals surface area contributed by atoms with Gasteiger partial charge in [-0.2, -0.15) is 0 Å². The van der Waals surface area contributed by atoms with Crippen molar-refractivity contribution >= 4 is 35.4 Å². The van der Waals surface area contributed by atoms with Crippen LogP contribution in [0.5, 0.6) is 0 Å². The van der Waals surface area contributed by atoms with Crippen LogP contribution in [-0.2, 0) is 16.6 Å². The minimum absolute atomic E-state index is 0.288. The summed E-state index contributed by atoms with van der Waals surface area (Å²) in [6.45, 7) is 0. The topological polar surface area (TPSA) is 127 Å². The van der Waals surface area contributed by atoms with Gasteiger partial charge in [-0.05, 0) is 21.4 Å². The van der Waals surface area contributed by atoms with Gasteiger partial charge in [0.25, 0.3) is 0 Å². The number of aryl methyl sites for hydroxylation is 1. The molecule has 1 aromatic heterocycles. The number of aromatic nitrogens is 4. The van der Waals surface area contributed by atoms with Crippen molar-refractivity contribution in [2.24, 2.45) is 12.8 Å². The molecule has 3 atom stereocenters. The van der Waals surface area contributed by atoms with Crippen molar-refractivity contribution in [3.05, 3.63) is 11.0 Å². The third-order valence-electron chi connectivity index (χ3n) is 3.29. The first kappa shape index (κ1) is 14.4. The quantitative estimate of drug-likeness (QED) is 0.522. The molecule has 2 aliphatic heterocycles. The van der Waals surface area contributed by atoms with Gasteiger partial charge in [0.15, 0.2) is 6.04 Å². The molecule has 9 nitrogen and oxygen atoms in total. The van der Waals surface area contributed by atoms with Crippen LogP contribution in [0.3, 0.4) is 0 Å². The molecule has 0 saturated carbocycles. The van der Waals surface area contributed by atoms with E-state index in [4.69, 9.17) is 5.73 Å². The Morgan fingerprint density at radius 3 is 3.00 bits per heavy atom. The molecule has 0 bridgehead atoms. The Hall–Kier alpha value is -1.59. The molecule has 112 valence electrons. The lowest BCUT2D eigenvalue weighted by Gasteiger charge is -2.50. The molecule has 1 saturated heterocycles. The van der Waals surface area contributed by atoms with E-state index < -0.39 is 18.1 Å². The monoisotopic (exact) mass is 328 g/mol. The molecule has 1 aromatic rings. The zero-order valence-electron chi connectivity index (χ0n) is 10.9. The zero-order chi connectivity index (χ0) is 15.1. The molecule has 1 amide bonds. The van der Waals surface area contributed by atoms with E-state index in [0.29, 0.717) is 16.5 Å². The number of amides is 1. The van der Waals surface area contributed by atoms with Crippen molar-refractivity contribution in [1.29, 1.82) is 0 Å². The first-order valence-electron chi connectivity index (χ1n) is 6.01. The molecule has 0 spiro atoms. The Balaban J connectivity index is 1.77. The van der Waals surface area contributed by atoms with Gasteiger partial charge in [0.1, 0.15) is 11.4 Å². The number of nitrogens with zero attached hydrogens (tertiary/aromatic N) is 5. The molecule has 11 heteroatoms. The van der Waals surface area contributed by atoms with E-state index in [1.807, 2.05) is 0 Å². The molecule has 1 fully saturated rings. The van der Waals surface area contributed by atoms with Gasteiger partial charge in [-0.15, -0.1) is 16.9 Å².